The topological polar surface area (TPSA) is 66.4 Å². The van der Waals surface area contributed by atoms with Gasteiger partial charge in [0.1, 0.15) is 6.04 Å². The molecule has 1 rings (SSSR count). The van der Waals surface area contributed by atoms with Crippen molar-refractivity contribution in [2.24, 2.45) is 0 Å². The van der Waals surface area contributed by atoms with Gasteiger partial charge in [0.05, 0.1) is 5.75 Å². The van der Waals surface area contributed by atoms with Crippen LogP contribution >= 0.6 is 23.1 Å². The summed E-state index contributed by atoms with van der Waals surface area (Å²) in [5.74, 6) is -0.124. The number of carbonyl (C=O) groups excluding carboxylic acids is 1. The molecule has 1 amide bonds. The lowest BCUT2D eigenvalue weighted by Crippen LogP contribution is -2.41. The average molecular weight is 273 g/mol. The Hall–Kier alpha value is -1.01. The largest absolute Gasteiger partial charge is 0.480 e. The predicted molar refractivity (Wildman–Crippen MR) is 70.3 cm³/mol. The van der Waals surface area contributed by atoms with E-state index in [1.165, 1.54) is 16.6 Å². The molecule has 0 aliphatic heterocycles. The molecule has 0 aliphatic rings. The summed E-state index contributed by atoms with van der Waals surface area (Å²) in [4.78, 5) is 23.4. The molecule has 1 aromatic heterocycles. The number of carboxylic acid groups (broad SMARTS) is 1. The summed E-state index contributed by atoms with van der Waals surface area (Å²) in [5, 5.41) is 13.3. The van der Waals surface area contributed by atoms with Crippen LogP contribution in [0.1, 0.15) is 18.2 Å². The van der Waals surface area contributed by atoms with Crippen molar-refractivity contribution < 1.29 is 14.7 Å². The lowest BCUT2D eigenvalue weighted by molar-refractivity contribution is -0.141. The smallest absolute Gasteiger partial charge is 0.326 e. The van der Waals surface area contributed by atoms with Gasteiger partial charge < -0.3 is 10.4 Å². The highest BCUT2D eigenvalue weighted by Gasteiger charge is 2.17. The second kappa shape index (κ2) is 7.34. The van der Waals surface area contributed by atoms with E-state index in [4.69, 9.17) is 5.11 Å². The van der Waals surface area contributed by atoms with E-state index >= 15 is 0 Å². The van der Waals surface area contributed by atoms with Crippen LogP contribution < -0.4 is 5.32 Å². The molecule has 4 nitrogen and oxygen atoms in total. The number of nitrogens with one attached hydrogen (secondary N) is 1. The molecule has 0 spiro atoms. The maximum atomic E-state index is 11.5. The fourth-order valence-corrected chi connectivity index (χ4v) is 2.89. The van der Waals surface area contributed by atoms with Gasteiger partial charge in [0.2, 0.25) is 5.91 Å². The van der Waals surface area contributed by atoms with Crippen molar-refractivity contribution in [2.75, 3.05) is 5.75 Å². The Morgan fingerprint density at radius 3 is 2.88 bits per heavy atom. The first-order chi connectivity index (χ1) is 8.13. The lowest BCUT2D eigenvalue weighted by Gasteiger charge is -2.11. The zero-order valence-corrected chi connectivity index (χ0v) is 11.1. The van der Waals surface area contributed by atoms with Crippen molar-refractivity contribution in [1.82, 2.24) is 5.32 Å². The number of carbonyl (C=O) groups is 2. The highest BCUT2D eigenvalue weighted by Crippen LogP contribution is 2.16. The molecule has 94 valence electrons. The first-order valence-electron chi connectivity index (χ1n) is 5.25. The maximum absolute atomic E-state index is 11.5. The second-order valence-corrected chi connectivity index (χ2v) is 5.46. The number of hydrogen-bond acceptors (Lipinski definition) is 4. The molecule has 0 unspecified atom stereocenters. The van der Waals surface area contributed by atoms with E-state index in [1.54, 1.807) is 18.3 Å². The van der Waals surface area contributed by atoms with E-state index in [0.717, 1.165) is 5.75 Å². The molecule has 0 radical (unpaired) electrons. The van der Waals surface area contributed by atoms with Gasteiger partial charge in [-0.05, 0) is 17.9 Å². The molecule has 1 atom stereocenters. The Labute approximate surface area is 108 Å². The van der Waals surface area contributed by atoms with Gasteiger partial charge in [0.15, 0.2) is 0 Å². The van der Waals surface area contributed by atoms with Gasteiger partial charge >= 0.3 is 5.97 Å². The second-order valence-electron chi connectivity index (χ2n) is 3.44. The molecule has 17 heavy (non-hydrogen) atoms. The quantitative estimate of drug-likeness (QED) is 0.797. The third-order valence-electron chi connectivity index (χ3n) is 2.10. The minimum Gasteiger partial charge on any atom is -0.480 e. The fraction of sp³-hybridized carbons (Fsp3) is 0.455. The number of carboxylic acids is 1. The molecule has 2 N–H and O–H groups in total. The first kappa shape index (κ1) is 14.1. The lowest BCUT2D eigenvalue weighted by atomic mass is 10.2. The molecular weight excluding hydrogens is 258 g/mol. The van der Waals surface area contributed by atoms with Crippen LogP contribution in [0.15, 0.2) is 17.5 Å². The summed E-state index contributed by atoms with van der Waals surface area (Å²) in [5.41, 5.74) is 0. The first-order valence-corrected chi connectivity index (χ1v) is 7.29. The summed E-state index contributed by atoms with van der Waals surface area (Å²) in [7, 11) is 0. The minimum atomic E-state index is -0.982. The average Bonchev–Trinajstić information content (AvgIpc) is 2.78. The molecule has 0 aromatic carbocycles. The van der Waals surface area contributed by atoms with Gasteiger partial charge in [-0.15, -0.1) is 23.1 Å². The molecule has 1 aromatic rings. The fourth-order valence-electron chi connectivity index (χ4n) is 1.21. The molecule has 0 bridgehead atoms. The Kier molecular flexibility index (Phi) is 6.07. The number of rotatable bonds is 7. The summed E-state index contributed by atoms with van der Waals surface area (Å²) in [6, 6.07) is 3.21. The third-order valence-corrected chi connectivity index (χ3v) is 4.14. The van der Waals surface area contributed by atoms with Gasteiger partial charge in [-0.1, -0.05) is 13.0 Å². The highest BCUT2D eigenvalue weighted by molar-refractivity contribution is 7.99. The normalized spacial score (nSPS) is 12.1. The summed E-state index contributed by atoms with van der Waals surface area (Å²) < 4.78 is 0. The van der Waals surface area contributed by atoms with Crippen molar-refractivity contribution in [2.45, 2.75) is 25.1 Å². The maximum Gasteiger partial charge on any atom is 0.326 e. The number of hydrogen-bond donors (Lipinski definition) is 2. The minimum absolute atomic E-state index is 0.221. The van der Waals surface area contributed by atoms with Crippen LogP contribution in [-0.2, 0) is 15.3 Å². The van der Waals surface area contributed by atoms with E-state index in [1.807, 2.05) is 17.5 Å². The standard InChI is InChI=1S/C11H15NO3S2/c1-2-9(11(14)15)12-10(13)7-16-6-8-4-3-5-17-8/h3-5,9H,2,6-7H2,1H3,(H,12,13)(H,14,15)/t9-/m1/s1. The van der Waals surface area contributed by atoms with Crippen LogP contribution in [0.4, 0.5) is 0 Å². The molecular formula is C11H15NO3S2. The zero-order chi connectivity index (χ0) is 12.7. The van der Waals surface area contributed by atoms with Gasteiger partial charge in [-0.2, -0.15) is 0 Å². The Bertz CT molecular complexity index is 365. The number of thiophene rings is 1. The van der Waals surface area contributed by atoms with Crippen molar-refractivity contribution in [3.63, 3.8) is 0 Å². The van der Waals surface area contributed by atoms with E-state index in [9.17, 15) is 9.59 Å². The van der Waals surface area contributed by atoms with Crippen LogP contribution in [0, 0.1) is 0 Å². The molecule has 0 fully saturated rings. The van der Waals surface area contributed by atoms with Crippen molar-refractivity contribution in [3.8, 4) is 0 Å². The van der Waals surface area contributed by atoms with Crippen molar-refractivity contribution >= 4 is 35.0 Å². The Balaban J connectivity index is 2.23. The van der Waals surface area contributed by atoms with Gasteiger partial charge in [-0.25, -0.2) is 4.79 Å². The van der Waals surface area contributed by atoms with Gasteiger partial charge in [-0.3, -0.25) is 4.79 Å². The van der Waals surface area contributed by atoms with Crippen LogP contribution in [0.3, 0.4) is 0 Å². The van der Waals surface area contributed by atoms with E-state index in [2.05, 4.69) is 5.32 Å². The van der Waals surface area contributed by atoms with Crippen LogP contribution in [0.5, 0.6) is 0 Å². The Morgan fingerprint density at radius 2 is 2.35 bits per heavy atom. The van der Waals surface area contributed by atoms with E-state index in [-0.39, 0.29) is 5.91 Å². The number of aliphatic carboxylic acids is 1. The van der Waals surface area contributed by atoms with Gasteiger partial charge in [0.25, 0.3) is 0 Å². The van der Waals surface area contributed by atoms with Crippen LogP contribution in [0.2, 0.25) is 0 Å². The molecule has 0 aliphatic carbocycles. The molecule has 6 heteroatoms. The van der Waals surface area contributed by atoms with Crippen LogP contribution in [0.25, 0.3) is 0 Å². The molecule has 0 saturated heterocycles. The van der Waals surface area contributed by atoms with Gasteiger partial charge in [0, 0.05) is 10.6 Å². The summed E-state index contributed by atoms with van der Waals surface area (Å²) >= 11 is 3.14. The summed E-state index contributed by atoms with van der Waals surface area (Å²) in [6.07, 6.45) is 0.399. The highest BCUT2D eigenvalue weighted by atomic mass is 32.2. The van der Waals surface area contributed by atoms with E-state index < -0.39 is 12.0 Å². The summed E-state index contributed by atoms with van der Waals surface area (Å²) in [6.45, 7) is 1.73. The monoisotopic (exact) mass is 273 g/mol. The third kappa shape index (κ3) is 5.23. The molecule has 1 heterocycles. The molecule has 0 saturated carbocycles. The number of amides is 1. The predicted octanol–water partition coefficient (Wildman–Crippen LogP) is 1.96. The van der Waals surface area contributed by atoms with Crippen molar-refractivity contribution in [1.29, 1.82) is 0 Å². The Morgan fingerprint density at radius 1 is 1.59 bits per heavy atom. The SMILES string of the molecule is CC[C@@H](NC(=O)CSCc1cccs1)C(=O)O. The van der Waals surface area contributed by atoms with E-state index in [0.29, 0.717) is 12.2 Å². The van der Waals surface area contributed by atoms with Crippen LogP contribution in [-0.4, -0.2) is 28.8 Å². The zero-order valence-electron chi connectivity index (χ0n) is 9.51. The van der Waals surface area contributed by atoms with Crippen molar-refractivity contribution in [3.05, 3.63) is 22.4 Å². The number of thioether (sulfide) groups is 1.